The lowest BCUT2D eigenvalue weighted by Crippen LogP contribution is -2.04. The molecule has 0 spiro atoms. The van der Waals surface area contributed by atoms with Crippen LogP contribution >= 0.6 is 27.5 Å². The Labute approximate surface area is 161 Å². The Morgan fingerprint density at radius 3 is 2.64 bits per heavy atom. The summed E-state index contributed by atoms with van der Waals surface area (Å²) in [4.78, 5) is 0. The number of halogens is 2. The second kappa shape index (κ2) is 8.41. The molecule has 0 amide bonds. The Kier molecular flexibility index (Phi) is 6.00. The van der Waals surface area contributed by atoms with Crippen molar-refractivity contribution in [1.29, 1.82) is 0 Å². The molecule has 0 aromatic heterocycles. The molecule has 0 unspecified atom stereocenters. The van der Waals surface area contributed by atoms with Gasteiger partial charge in [0.05, 0.1) is 0 Å². The highest BCUT2D eigenvalue weighted by molar-refractivity contribution is 9.10. The predicted octanol–water partition coefficient (Wildman–Crippen LogP) is 6.60. The summed E-state index contributed by atoms with van der Waals surface area (Å²) in [6, 6.07) is 22.0. The number of hydrogen-bond acceptors (Lipinski definition) is 2. The van der Waals surface area contributed by atoms with E-state index in [0.29, 0.717) is 13.2 Å². The zero-order chi connectivity index (χ0) is 17.6. The first-order valence-corrected chi connectivity index (χ1v) is 9.24. The molecule has 0 aliphatic carbocycles. The summed E-state index contributed by atoms with van der Waals surface area (Å²) in [5, 5.41) is 4.20. The van der Waals surface area contributed by atoms with Crippen molar-refractivity contribution < 1.29 is 4.74 Å². The fourth-order valence-electron chi connectivity index (χ4n) is 2.58. The number of rotatable bonds is 6. The van der Waals surface area contributed by atoms with Crippen molar-refractivity contribution in [2.45, 2.75) is 20.1 Å². The van der Waals surface area contributed by atoms with Crippen LogP contribution in [0.5, 0.6) is 5.75 Å². The van der Waals surface area contributed by atoms with E-state index in [1.165, 1.54) is 5.56 Å². The monoisotopic (exact) mass is 415 g/mol. The van der Waals surface area contributed by atoms with Crippen molar-refractivity contribution in [3.05, 3.63) is 92.9 Å². The largest absolute Gasteiger partial charge is 0.489 e. The Morgan fingerprint density at radius 2 is 1.84 bits per heavy atom. The second-order valence-corrected chi connectivity index (χ2v) is 7.19. The fourth-order valence-corrected chi connectivity index (χ4v) is 3.20. The zero-order valence-electron chi connectivity index (χ0n) is 13.9. The maximum Gasteiger partial charge on any atom is 0.124 e. The molecule has 1 N–H and O–H groups in total. The Balaban J connectivity index is 1.73. The minimum absolute atomic E-state index is 0.486. The van der Waals surface area contributed by atoms with Crippen LogP contribution in [0.15, 0.2) is 71.2 Å². The van der Waals surface area contributed by atoms with Crippen LogP contribution in [0.3, 0.4) is 0 Å². The summed E-state index contributed by atoms with van der Waals surface area (Å²) in [6.07, 6.45) is 0. The molecule has 0 bridgehead atoms. The lowest BCUT2D eigenvalue weighted by molar-refractivity contribution is 0.303. The van der Waals surface area contributed by atoms with E-state index in [2.05, 4.69) is 46.4 Å². The van der Waals surface area contributed by atoms with Gasteiger partial charge in [0.1, 0.15) is 12.4 Å². The number of anilines is 1. The highest BCUT2D eigenvalue weighted by atomic mass is 79.9. The van der Waals surface area contributed by atoms with Crippen molar-refractivity contribution in [1.82, 2.24) is 0 Å². The van der Waals surface area contributed by atoms with Crippen LogP contribution in [-0.4, -0.2) is 0 Å². The van der Waals surface area contributed by atoms with Crippen molar-refractivity contribution >= 4 is 33.2 Å². The summed E-state index contributed by atoms with van der Waals surface area (Å²) in [7, 11) is 0. The smallest absolute Gasteiger partial charge is 0.124 e. The molecule has 3 rings (SSSR count). The van der Waals surface area contributed by atoms with Gasteiger partial charge in [0.2, 0.25) is 0 Å². The number of hydrogen-bond donors (Lipinski definition) is 1. The number of benzene rings is 3. The van der Waals surface area contributed by atoms with Gasteiger partial charge in [0.25, 0.3) is 0 Å². The molecule has 0 radical (unpaired) electrons. The van der Waals surface area contributed by atoms with E-state index in [-0.39, 0.29) is 0 Å². The van der Waals surface area contributed by atoms with Gasteiger partial charge in [-0.25, -0.2) is 0 Å². The molecule has 128 valence electrons. The third-order valence-electron chi connectivity index (χ3n) is 3.92. The van der Waals surface area contributed by atoms with E-state index in [0.717, 1.165) is 32.1 Å². The quantitative estimate of drug-likeness (QED) is 0.488. The Hall–Kier alpha value is -1.97. The lowest BCUT2D eigenvalue weighted by atomic mass is 10.1. The maximum atomic E-state index is 6.04. The second-order valence-electron chi connectivity index (χ2n) is 5.84. The number of aryl methyl sites for hydroxylation is 1. The molecule has 3 aromatic rings. The van der Waals surface area contributed by atoms with Crippen LogP contribution < -0.4 is 10.1 Å². The van der Waals surface area contributed by atoms with E-state index in [1.807, 2.05) is 48.5 Å². The molecule has 0 fully saturated rings. The van der Waals surface area contributed by atoms with Gasteiger partial charge in [-0.15, -0.1) is 0 Å². The van der Waals surface area contributed by atoms with Crippen molar-refractivity contribution in [3.63, 3.8) is 0 Å². The topological polar surface area (TPSA) is 21.3 Å². The van der Waals surface area contributed by atoms with Crippen molar-refractivity contribution in [2.24, 2.45) is 0 Å². The molecule has 2 nitrogen and oxygen atoms in total. The standard InChI is InChI=1S/C21H19BrClNO/c1-15-5-2-3-8-20(15)24-13-17-12-18(22)9-10-21(17)25-14-16-6-4-7-19(23)11-16/h2-12,24H,13-14H2,1H3. The Bertz CT molecular complexity index is 866. The van der Waals surface area contributed by atoms with E-state index in [9.17, 15) is 0 Å². The fraction of sp³-hybridized carbons (Fsp3) is 0.143. The molecule has 3 aromatic carbocycles. The first-order valence-electron chi connectivity index (χ1n) is 8.07. The number of ether oxygens (including phenoxy) is 1. The predicted molar refractivity (Wildman–Crippen MR) is 108 cm³/mol. The van der Waals surface area contributed by atoms with Crippen LogP contribution in [0.4, 0.5) is 5.69 Å². The molecule has 0 aliphatic heterocycles. The van der Waals surface area contributed by atoms with Crippen LogP contribution in [-0.2, 0) is 13.2 Å². The number of para-hydroxylation sites is 1. The van der Waals surface area contributed by atoms with Gasteiger partial charge < -0.3 is 10.1 Å². The van der Waals surface area contributed by atoms with Crippen LogP contribution in [0.1, 0.15) is 16.7 Å². The molecule has 25 heavy (non-hydrogen) atoms. The van der Waals surface area contributed by atoms with Crippen molar-refractivity contribution in [2.75, 3.05) is 5.32 Å². The molecule has 0 atom stereocenters. The van der Waals surface area contributed by atoms with Gasteiger partial charge in [0.15, 0.2) is 0 Å². The van der Waals surface area contributed by atoms with Gasteiger partial charge in [-0.2, -0.15) is 0 Å². The molecule has 4 heteroatoms. The minimum Gasteiger partial charge on any atom is -0.489 e. The van der Waals surface area contributed by atoms with Crippen LogP contribution in [0.2, 0.25) is 5.02 Å². The van der Waals surface area contributed by atoms with Gasteiger partial charge in [0, 0.05) is 27.3 Å². The van der Waals surface area contributed by atoms with E-state index in [1.54, 1.807) is 0 Å². The van der Waals surface area contributed by atoms with Gasteiger partial charge in [-0.3, -0.25) is 0 Å². The first kappa shape index (κ1) is 17.8. The zero-order valence-corrected chi connectivity index (χ0v) is 16.3. The van der Waals surface area contributed by atoms with Crippen molar-refractivity contribution in [3.8, 4) is 5.75 Å². The third kappa shape index (κ3) is 5.00. The minimum atomic E-state index is 0.486. The van der Waals surface area contributed by atoms with E-state index < -0.39 is 0 Å². The average Bonchev–Trinajstić information content (AvgIpc) is 2.60. The highest BCUT2D eigenvalue weighted by Gasteiger charge is 2.07. The molecular formula is C21H19BrClNO. The highest BCUT2D eigenvalue weighted by Crippen LogP contribution is 2.26. The van der Waals surface area contributed by atoms with E-state index >= 15 is 0 Å². The number of nitrogens with one attached hydrogen (secondary N) is 1. The van der Waals surface area contributed by atoms with E-state index in [4.69, 9.17) is 16.3 Å². The van der Waals surface area contributed by atoms with Gasteiger partial charge in [-0.05, 0) is 54.4 Å². The third-order valence-corrected chi connectivity index (χ3v) is 4.65. The maximum absolute atomic E-state index is 6.04. The van der Waals surface area contributed by atoms with Crippen LogP contribution in [0, 0.1) is 6.92 Å². The first-order chi connectivity index (χ1) is 12.1. The summed E-state index contributed by atoms with van der Waals surface area (Å²) in [5.41, 5.74) is 4.50. The van der Waals surface area contributed by atoms with Gasteiger partial charge >= 0.3 is 0 Å². The molecule has 0 saturated carbocycles. The summed E-state index contributed by atoms with van der Waals surface area (Å²) in [6.45, 7) is 3.27. The molecular weight excluding hydrogens is 398 g/mol. The molecule has 0 aliphatic rings. The normalized spacial score (nSPS) is 10.5. The summed E-state index contributed by atoms with van der Waals surface area (Å²) < 4.78 is 7.06. The molecule has 0 heterocycles. The lowest BCUT2D eigenvalue weighted by Gasteiger charge is -2.14. The van der Waals surface area contributed by atoms with Gasteiger partial charge in [-0.1, -0.05) is 57.9 Å². The van der Waals surface area contributed by atoms with Crippen LogP contribution in [0.25, 0.3) is 0 Å². The molecule has 0 saturated heterocycles. The average molecular weight is 417 g/mol. The summed E-state index contributed by atoms with van der Waals surface area (Å²) in [5.74, 6) is 0.865. The summed E-state index contributed by atoms with van der Waals surface area (Å²) >= 11 is 9.58. The Morgan fingerprint density at radius 1 is 1.00 bits per heavy atom. The SMILES string of the molecule is Cc1ccccc1NCc1cc(Br)ccc1OCc1cccc(Cl)c1.